The van der Waals surface area contributed by atoms with E-state index in [0.29, 0.717) is 11.4 Å². The highest BCUT2D eigenvalue weighted by atomic mass is 32.1. The van der Waals surface area contributed by atoms with Crippen LogP contribution in [0.15, 0.2) is 52.0 Å². The molecule has 3 aromatic rings. The van der Waals surface area contributed by atoms with Crippen LogP contribution in [-0.4, -0.2) is 15.1 Å². The Labute approximate surface area is 113 Å². The fraction of sp³-hybridized carbons (Fsp3) is 0. The highest BCUT2D eigenvalue weighted by molar-refractivity contribution is 7.08. The summed E-state index contributed by atoms with van der Waals surface area (Å²) in [5.41, 5.74) is 1.28. The standard InChI is InChI=1S/C14H10N2O2S/c17-13-11(9-4-2-1-3-5-9)14(18)16-12(15-13)10-6-7-19-8-10/h1-8H,(H2,15,16,17,18). The first-order valence-corrected chi connectivity index (χ1v) is 6.61. The van der Waals surface area contributed by atoms with Gasteiger partial charge in [0.05, 0.1) is 0 Å². The van der Waals surface area contributed by atoms with E-state index in [1.165, 1.54) is 11.3 Å². The number of hydrogen-bond acceptors (Lipinski definition) is 4. The number of thiophene rings is 1. The van der Waals surface area contributed by atoms with E-state index in [0.717, 1.165) is 5.56 Å². The van der Waals surface area contributed by atoms with E-state index in [1.54, 1.807) is 24.3 Å². The number of hydrogen-bond donors (Lipinski definition) is 2. The van der Waals surface area contributed by atoms with Gasteiger partial charge in [-0.3, -0.25) is 4.79 Å². The maximum absolute atomic E-state index is 12.1. The van der Waals surface area contributed by atoms with Gasteiger partial charge in [0.25, 0.3) is 5.56 Å². The van der Waals surface area contributed by atoms with E-state index in [9.17, 15) is 9.90 Å². The van der Waals surface area contributed by atoms with Gasteiger partial charge in [-0.2, -0.15) is 16.3 Å². The minimum Gasteiger partial charge on any atom is -0.493 e. The lowest BCUT2D eigenvalue weighted by atomic mass is 10.1. The number of nitrogens with one attached hydrogen (secondary N) is 1. The quantitative estimate of drug-likeness (QED) is 0.752. The predicted octanol–water partition coefficient (Wildman–Crippen LogP) is 2.87. The fourth-order valence-corrected chi connectivity index (χ4v) is 2.50. The Morgan fingerprint density at radius 3 is 2.53 bits per heavy atom. The van der Waals surface area contributed by atoms with Crippen LogP contribution in [0.25, 0.3) is 22.5 Å². The second-order valence-corrected chi connectivity index (χ2v) is 4.77. The largest absolute Gasteiger partial charge is 0.493 e. The van der Waals surface area contributed by atoms with Gasteiger partial charge in [-0.15, -0.1) is 0 Å². The molecule has 0 unspecified atom stereocenters. The third kappa shape index (κ3) is 2.15. The van der Waals surface area contributed by atoms with Crippen LogP contribution in [0.4, 0.5) is 0 Å². The topological polar surface area (TPSA) is 66.0 Å². The number of H-pyrrole nitrogens is 1. The molecule has 3 rings (SSSR count). The van der Waals surface area contributed by atoms with Crippen LogP contribution >= 0.6 is 11.3 Å². The second-order valence-electron chi connectivity index (χ2n) is 3.99. The Bertz CT molecular complexity index is 749. The summed E-state index contributed by atoms with van der Waals surface area (Å²) in [6.45, 7) is 0. The zero-order valence-corrected chi connectivity index (χ0v) is 10.6. The molecule has 94 valence electrons. The molecular weight excluding hydrogens is 260 g/mol. The van der Waals surface area contributed by atoms with Crippen molar-refractivity contribution in [3.8, 4) is 28.4 Å². The van der Waals surface area contributed by atoms with Crippen LogP contribution in [0.5, 0.6) is 5.88 Å². The van der Waals surface area contributed by atoms with Crippen molar-refractivity contribution >= 4 is 11.3 Å². The SMILES string of the molecule is O=c1[nH]c(-c2ccsc2)nc(O)c1-c1ccccc1. The van der Waals surface area contributed by atoms with Crippen molar-refractivity contribution in [1.82, 2.24) is 9.97 Å². The lowest BCUT2D eigenvalue weighted by Gasteiger charge is -2.05. The maximum atomic E-state index is 12.1. The van der Waals surface area contributed by atoms with Crippen LogP contribution < -0.4 is 5.56 Å². The highest BCUT2D eigenvalue weighted by Gasteiger charge is 2.13. The van der Waals surface area contributed by atoms with Crippen molar-refractivity contribution in [3.05, 3.63) is 57.5 Å². The molecule has 0 aliphatic rings. The van der Waals surface area contributed by atoms with Crippen molar-refractivity contribution in [2.24, 2.45) is 0 Å². The summed E-state index contributed by atoms with van der Waals surface area (Å²) in [6.07, 6.45) is 0. The summed E-state index contributed by atoms with van der Waals surface area (Å²) in [7, 11) is 0. The van der Waals surface area contributed by atoms with Gasteiger partial charge < -0.3 is 10.1 Å². The smallest absolute Gasteiger partial charge is 0.262 e. The van der Waals surface area contributed by atoms with Gasteiger partial charge >= 0.3 is 0 Å². The van der Waals surface area contributed by atoms with Crippen molar-refractivity contribution < 1.29 is 5.11 Å². The molecule has 0 radical (unpaired) electrons. The molecule has 0 spiro atoms. The molecule has 2 aromatic heterocycles. The molecule has 0 saturated carbocycles. The van der Waals surface area contributed by atoms with E-state index in [4.69, 9.17) is 0 Å². The molecule has 1 aromatic carbocycles. The van der Waals surface area contributed by atoms with E-state index < -0.39 is 0 Å². The molecule has 19 heavy (non-hydrogen) atoms. The summed E-state index contributed by atoms with van der Waals surface area (Å²) in [5, 5.41) is 13.7. The highest BCUT2D eigenvalue weighted by Crippen LogP contribution is 2.25. The average Bonchev–Trinajstić information content (AvgIpc) is 2.93. The van der Waals surface area contributed by atoms with Crippen molar-refractivity contribution in [2.45, 2.75) is 0 Å². The fourth-order valence-electron chi connectivity index (χ4n) is 1.86. The maximum Gasteiger partial charge on any atom is 0.262 e. The molecule has 0 saturated heterocycles. The molecule has 0 amide bonds. The van der Waals surface area contributed by atoms with Crippen LogP contribution in [0.3, 0.4) is 0 Å². The van der Waals surface area contributed by atoms with Gasteiger partial charge in [0, 0.05) is 10.9 Å². The van der Waals surface area contributed by atoms with Gasteiger partial charge in [-0.25, -0.2) is 0 Å². The summed E-state index contributed by atoms with van der Waals surface area (Å²) < 4.78 is 0. The monoisotopic (exact) mass is 270 g/mol. The normalized spacial score (nSPS) is 10.5. The molecule has 0 aliphatic carbocycles. The molecule has 0 fully saturated rings. The number of aromatic hydroxyl groups is 1. The first-order valence-electron chi connectivity index (χ1n) is 5.67. The Hall–Kier alpha value is -2.40. The first-order chi connectivity index (χ1) is 9.25. The van der Waals surface area contributed by atoms with Crippen molar-refractivity contribution in [3.63, 3.8) is 0 Å². The molecular formula is C14H10N2O2S. The van der Waals surface area contributed by atoms with Gasteiger partial charge in [-0.1, -0.05) is 30.3 Å². The number of rotatable bonds is 2. The Kier molecular flexibility index (Phi) is 2.89. The molecule has 5 heteroatoms. The van der Waals surface area contributed by atoms with Crippen LogP contribution in [0.1, 0.15) is 0 Å². The van der Waals surface area contributed by atoms with Gasteiger partial charge in [-0.05, 0) is 17.0 Å². The summed E-state index contributed by atoms with van der Waals surface area (Å²) in [5.74, 6) is 0.125. The van der Waals surface area contributed by atoms with Crippen LogP contribution in [0, 0.1) is 0 Å². The predicted molar refractivity (Wildman–Crippen MR) is 75.3 cm³/mol. The third-order valence-electron chi connectivity index (χ3n) is 2.76. The van der Waals surface area contributed by atoms with Crippen molar-refractivity contribution in [2.75, 3.05) is 0 Å². The zero-order valence-electron chi connectivity index (χ0n) is 9.83. The Balaban J connectivity index is 2.17. The third-order valence-corrected chi connectivity index (χ3v) is 3.44. The molecule has 0 atom stereocenters. The summed E-state index contributed by atoms with van der Waals surface area (Å²) >= 11 is 1.50. The van der Waals surface area contributed by atoms with Gasteiger partial charge in [0.1, 0.15) is 11.4 Å². The number of aromatic nitrogens is 2. The van der Waals surface area contributed by atoms with E-state index >= 15 is 0 Å². The summed E-state index contributed by atoms with van der Waals surface area (Å²) in [6, 6.07) is 10.8. The second kappa shape index (κ2) is 4.70. The van der Waals surface area contributed by atoms with E-state index in [-0.39, 0.29) is 17.0 Å². The van der Waals surface area contributed by atoms with Crippen LogP contribution in [-0.2, 0) is 0 Å². The molecule has 4 nitrogen and oxygen atoms in total. The minimum absolute atomic E-state index is 0.194. The van der Waals surface area contributed by atoms with Crippen molar-refractivity contribution in [1.29, 1.82) is 0 Å². The van der Waals surface area contributed by atoms with Gasteiger partial charge in [0.2, 0.25) is 5.88 Å². The average molecular weight is 270 g/mol. The van der Waals surface area contributed by atoms with E-state index in [1.807, 2.05) is 22.9 Å². The number of nitrogens with zero attached hydrogens (tertiary/aromatic N) is 1. The Morgan fingerprint density at radius 2 is 1.89 bits per heavy atom. The van der Waals surface area contributed by atoms with Gasteiger partial charge in [0.15, 0.2) is 0 Å². The minimum atomic E-state index is -0.347. The molecule has 0 aliphatic heterocycles. The van der Waals surface area contributed by atoms with Crippen LogP contribution in [0.2, 0.25) is 0 Å². The zero-order chi connectivity index (χ0) is 13.2. The molecule has 2 heterocycles. The van der Waals surface area contributed by atoms with E-state index in [2.05, 4.69) is 9.97 Å². The molecule has 0 bridgehead atoms. The lowest BCUT2D eigenvalue weighted by Crippen LogP contribution is -2.11. The lowest BCUT2D eigenvalue weighted by molar-refractivity contribution is 0.454. The first kappa shape index (κ1) is 11.7. The number of aromatic amines is 1. The number of benzene rings is 1. The molecule has 2 N–H and O–H groups in total. The summed E-state index contributed by atoms with van der Waals surface area (Å²) in [4.78, 5) is 18.9. The Morgan fingerprint density at radius 1 is 1.11 bits per heavy atom.